The number of rotatable bonds is 3. The van der Waals surface area contributed by atoms with E-state index in [1.165, 1.54) is 23.5 Å². The number of hydrogen-bond donors (Lipinski definition) is 3. The van der Waals surface area contributed by atoms with Gasteiger partial charge in [-0.1, -0.05) is 24.3 Å². The molecule has 0 aliphatic carbocycles. The van der Waals surface area contributed by atoms with E-state index >= 15 is 0 Å². The molecule has 3 N–H and O–H groups in total. The van der Waals surface area contributed by atoms with E-state index in [0.717, 1.165) is 16.6 Å². The molecule has 0 unspecified atom stereocenters. The number of hydrogen-bond acceptors (Lipinski definition) is 5. The van der Waals surface area contributed by atoms with Crippen LogP contribution in [0.4, 0.5) is 10.1 Å². The molecule has 7 heteroatoms. The van der Waals surface area contributed by atoms with Crippen molar-refractivity contribution < 1.29 is 14.6 Å². The Balaban J connectivity index is 1.51. The number of benzene rings is 3. The maximum Gasteiger partial charge on any atom is 0.139 e. The van der Waals surface area contributed by atoms with Gasteiger partial charge in [0.25, 0.3) is 0 Å². The first kappa shape index (κ1) is 18.3. The number of thiazole rings is 1. The first-order valence-electron chi connectivity index (χ1n) is 9.24. The Kier molecular flexibility index (Phi) is 4.25. The second kappa shape index (κ2) is 6.96. The minimum atomic E-state index is -0.316. The summed E-state index contributed by atoms with van der Waals surface area (Å²) in [7, 11) is 0. The minimum absolute atomic E-state index is 0.0668. The van der Waals surface area contributed by atoms with Crippen molar-refractivity contribution in [1.29, 1.82) is 5.41 Å². The average molecular weight is 417 g/mol. The van der Waals surface area contributed by atoms with E-state index in [9.17, 15) is 14.6 Å². The number of aliphatic hydroxyl groups is 1. The summed E-state index contributed by atoms with van der Waals surface area (Å²) >= 11 is 1.33. The van der Waals surface area contributed by atoms with Gasteiger partial charge in [0.1, 0.15) is 28.2 Å². The highest BCUT2D eigenvalue weighted by Crippen LogP contribution is 2.38. The van der Waals surface area contributed by atoms with Gasteiger partial charge in [-0.15, -0.1) is 11.3 Å². The van der Waals surface area contributed by atoms with Crippen LogP contribution in [0, 0.1) is 11.2 Å². The SMILES string of the molecule is N=C1C(c2nc(-c3ccc(F)cc3)cs2)=C(O)CN1c1cccc2c(O)cccc12. The molecule has 0 spiro atoms. The molecule has 1 aromatic heterocycles. The summed E-state index contributed by atoms with van der Waals surface area (Å²) in [5.74, 6) is 0.0609. The van der Waals surface area contributed by atoms with Crippen molar-refractivity contribution in [2.45, 2.75) is 0 Å². The molecule has 0 atom stereocenters. The van der Waals surface area contributed by atoms with E-state index in [1.54, 1.807) is 29.2 Å². The quantitative estimate of drug-likeness (QED) is 0.407. The highest BCUT2D eigenvalue weighted by molar-refractivity contribution is 7.11. The Hall–Kier alpha value is -3.71. The van der Waals surface area contributed by atoms with Crippen LogP contribution in [0.25, 0.3) is 27.6 Å². The van der Waals surface area contributed by atoms with Gasteiger partial charge in [-0.05, 0) is 36.4 Å². The lowest BCUT2D eigenvalue weighted by atomic mass is 10.1. The number of anilines is 1. The summed E-state index contributed by atoms with van der Waals surface area (Å²) < 4.78 is 13.2. The van der Waals surface area contributed by atoms with Crippen molar-refractivity contribution in [3.8, 4) is 17.0 Å². The second-order valence-electron chi connectivity index (χ2n) is 6.95. The smallest absolute Gasteiger partial charge is 0.139 e. The van der Waals surface area contributed by atoms with Crippen LogP contribution in [0.15, 0.2) is 71.8 Å². The lowest BCUT2D eigenvalue weighted by molar-refractivity contribution is 0.411. The normalized spacial score (nSPS) is 14.2. The molecule has 0 fully saturated rings. The van der Waals surface area contributed by atoms with Gasteiger partial charge in [0, 0.05) is 21.7 Å². The third-order valence-electron chi connectivity index (χ3n) is 5.13. The van der Waals surface area contributed by atoms with Gasteiger partial charge in [0.05, 0.1) is 23.5 Å². The fraction of sp³-hybridized carbons (Fsp3) is 0.0435. The largest absolute Gasteiger partial charge is 0.510 e. The third kappa shape index (κ3) is 2.91. The molecular weight excluding hydrogens is 401 g/mol. The molecule has 0 amide bonds. The van der Waals surface area contributed by atoms with Crippen molar-refractivity contribution in [1.82, 2.24) is 4.98 Å². The van der Waals surface area contributed by atoms with Gasteiger partial charge >= 0.3 is 0 Å². The fourth-order valence-electron chi connectivity index (χ4n) is 3.66. The molecule has 2 heterocycles. The Morgan fingerprint density at radius 1 is 0.967 bits per heavy atom. The van der Waals surface area contributed by atoms with Crippen molar-refractivity contribution in [2.75, 3.05) is 11.4 Å². The number of phenols is 1. The number of phenolic OH excluding ortho intramolecular Hbond substituents is 1. The Morgan fingerprint density at radius 2 is 1.70 bits per heavy atom. The van der Waals surface area contributed by atoms with E-state index in [4.69, 9.17) is 5.41 Å². The highest BCUT2D eigenvalue weighted by Gasteiger charge is 2.32. The Labute approximate surface area is 175 Å². The van der Waals surface area contributed by atoms with Crippen LogP contribution in [-0.4, -0.2) is 27.6 Å². The summed E-state index contributed by atoms with van der Waals surface area (Å²) in [6.07, 6.45) is 0. The standard InChI is InChI=1S/C23H16FN3O2S/c24-14-9-7-13(8-10-14)17-12-30-23(26-17)21-20(29)11-27(22(21)25)18-5-1-4-16-15(18)3-2-6-19(16)28/h1-10,12,25,28-29H,11H2. The zero-order valence-electron chi connectivity index (χ0n) is 15.6. The molecule has 1 aliphatic heterocycles. The number of fused-ring (bicyclic) bond motifs is 1. The van der Waals surface area contributed by atoms with Crippen molar-refractivity contribution in [3.63, 3.8) is 0 Å². The molecule has 1 aliphatic rings. The summed E-state index contributed by atoms with van der Waals surface area (Å²) in [5, 5.41) is 33.3. The molecule has 5 nitrogen and oxygen atoms in total. The maximum absolute atomic E-state index is 13.2. The maximum atomic E-state index is 13.2. The fourth-order valence-corrected chi connectivity index (χ4v) is 4.56. The van der Waals surface area contributed by atoms with Crippen molar-refractivity contribution >= 4 is 39.2 Å². The number of aromatic nitrogens is 1. The van der Waals surface area contributed by atoms with Gasteiger partial charge in [-0.2, -0.15) is 0 Å². The van der Waals surface area contributed by atoms with Crippen LogP contribution in [0.1, 0.15) is 5.01 Å². The van der Waals surface area contributed by atoms with Crippen LogP contribution in [0.3, 0.4) is 0 Å². The van der Waals surface area contributed by atoms with E-state index in [0.29, 0.717) is 21.7 Å². The number of nitrogens with zero attached hydrogens (tertiary/aromatic N) is 2. The summed E-state index contributed by atoms with van der Waals surface area (Å²) in [5.41, 5.74) is 2.54. The van der Waals surface area contributed by atoms with Crippen molar-refractivity contribution in [3.05, 3.63) is 82.6 Å². The predicted octanol–water partition coefficient (Wildman–Crippen LogP) is 5.57. The topological polar surface area (TPSA) is 80.4 Å². The molecule has 0 saturated carbocycles. The van der Waals surface area contributed by atoms with Crippen LogP contribution in [-0.2, 0) is 0 Å². The molecule has 0 bridgehead atoms. The molecule has 3 aromatic carbocycles. The summed E-state index contributed by atoms with van der Waals surface area (Å²) in [6, 6.07) is 16.8. The van der Waals surface area contributed by atoms with Crippen LogP contribution >= 0.6 is 11.3 Å². The third-order valence-corrected chi connectivity index (χ3v) is 5.99. The van der Waals surface area contributed by atoms with Crippen LogP contribution in [0.5, 0.6) is 5.75 Å². The molecule has 148 valence electrons. The zero-order chi connectivity index (χ0) is 20.8. The Morgan fingerprint density at radius 3 is 2.50 bits per heavy atom. The van der Waals surface area contributed by atoms with Gasteiger partial charge < -0.3 is 15.1 Å². The van der Waals surface area contributed by atoms with E-state index in [2.05, 4.69) is 4.98 Å². The lowest BCUT2D eigenvalue weighted by Crippen LogP contribution is -2.26. The van der Waals surface area contributed by atoms with Gasteiger partial charge in [-0.25, -0.2) is 9.37 Å². The number of aliphatic hydroxyl groups excluding tert-OH is 1. The van der Waals surface area contributed by atoms with Gasteiger partial charge in [0.15, 0.2) is 0 Å². The second-order valence-corrected chi connectivity index (χ2v) is 7.81. The molecule has 0 saturated heterocycles. The zero-order valence-corrected chi connectivity index (χ0v) is 16.4. The van der Waals surface area contributed by atoms with E-state index < -0.39 is 0 Å². The summed E-state index contributed by atoms with van der Waals surface area (Å²) in [6.45, 7) is 0.147. The number of aromatic hydroxyl groups is 1. The number of nitrogens with one attached hydrogen (secondary N) is 1. The first-order valence-corrected chi connectivity index (χ1v) is 10.1. The monoisotopic (exact) mass is 417 g/mol. The molecule has 5 rings (SSSR count). The highest BCUT2D eigenvalue weighted by atomic mass is 32.1. The lowest BCUT2D eigenvalue weighted by Gasteiger charge is -2.21. The van der Waals surface area contributed by atoms with E-state index in [1.807, 2.05) is 29.6 Å². The molecule has 4 aromatic rings. The van der Waals surface area contributed by atoms with Crippen LogP contribution < -0.4 is 4.90 Å². The number of amidine groups is 1. The summed E-state index contributed by atoms with van der Waals surface area (Å²) in [4.78, 5) is 6.27. The number of halogens is 1. The van der Waals surface area contributed by atoms with Gasteiger partial charge in [0.2, 0.25) is 0 Å². The van der Waals surface area contributed by atoms with E-state index in [-0.39, 0.29) is 29.7 Å². The Bertz CT molecular complexity index is 1330. The van der Waals surface area contributed by atoms with Crippen LogP contribution in [0.2, 0.25) is 0 Å². The molecule has 30 heavy (non-hydrogen) atoms. The predicted molar refractivity (Wildman–Crippen MR) is 118 cm³/mol. The molecule has 0 radical (unpaired) electrons. The minimum Gasteiger partial charge on any atom is -0.510 e. The molecular formula is C23H16FN3O2S. The average Bonchev–Trinajstić information content (AvgIpc) is 3.33. The first-order chi connectivity index (χ1) is 14.5. The van der Waals surface area contributed by atoms with Gasteiger partial charge in [-0.3, -0.25) is 5.41 Å². The van der Waals surface area contributed by atoms with Crippen molar-refractivity contribution in [2.24, 2.45) is 0 Å².